The number of aromatic nitrogens is 2. The molecule has 18 heavy (non-hydrogen) atoms. The van der Waals surface area contributed by atoms with E-state index in [-0.39, 0.29) is 5.69 Å². The summed E-state index contributed by atoms with van der Waals surface area (Å²) in [7, 11) is 0. The minimum atomic E-state index is -0.453. The topological polar surface area (TPSA) is 73.0 Å². The highest BCUT2D eigenvalue weighted by Gasteiger charge is 2.15. The minimum absolute atomic E-state index is 0.0202. The predicted molar refractivity (Wildman–Crippen MR) is 68.8 cm³/mol. The lowest BCUT2D eigenvalue weighted by Crippen LogP contribution is -2.10. The quantitative estimate of drug-likeness (QED) is 0.667. The first-order valence-corrected chi connectivity index (χ1v) is 5.69. The SMILES string of the molecule is O=[N+]([O-])c1cccc(Cl)c1NCCn1ccnc1. The minimum Gasteiger partial charge on any atom is -0.376 e. The van der Waals surface area contributed by atoms with Crippen LogP contribution < -0.4 is 5.32 Å². The molecule has 0 amide bonds. The third-order valence-electron chi connectivity index (χ3n) is 2.42. The number of hydrogen-bond acceptors (Lipinski definition) is 4. The van der Waals surface area contributed by atoms with Crippen LogP contribution in [0, 0.1) is 10.1 Å². The zero-order chi connectivity index (χ0) is 13.0. The third-order valence-corrected chi connectivity index (χ3v) is 2.73. The zero-order valence-corrected chi connectivity index (χ0v) is 10.2. The van der Waals surface area contributed by atoms with Crippen molar-refractivity contribution in [2.75, 3.05) is 11.9 Å². The molecule has 94 valence electrons. The Hall–Kier alpha value is -2.08. The lowest BCUT2D eigenvalue weighted by Gasteiger charge is -2.09. The molecule has 1 N–H and O–H groups in total. The number of anilines is 1. The first-order valence-electron chi connectivity index (χ1n) is 5.31. The van der Waals surface area contributed by atoms with E-state index in [1.807, 2.05) is 10.8 Å². The molecule has 0 saturated heterocycles. The number of nitro groups is 1. The molecule has 0 atom stereocenters. The Kier molecular flexibility index (Phi) is 3.78. The highest BCUT2D eigenvalue weighted by Crippen LogP contribution is 2.31. The standard InChI is InChI=1S/C11H11ClN4O2/c12-9-2-1-3-10(16(17)18)11(9)14-5-7-15-6-4-13-8-15/h1-4,6,8,14H,5,7H2. The van der Waals surface area contributed by atoms with Gasteiger partial charge in [-0.2, -0.15) is 0 Å². The van der Waals surface area contributed by atoms with Crippen LogP contribution in [0.3, 0.4) is 0 Å². The van der Waals surface area contributed by atoms with Gasteiger partial charge >= 0.3 is 0 Å². The van der Waals surface area contributed by atoms with Crippen molar-refractivity contribution in [1.29, 1.82) is 0 Å². The Labute approximate surface area is 108 Å². The highest BCUT2D eigenvalue weighted by molar-refractivity contribution is 6.33. The predicted octanol–water partition coefficient (Wildman–Crippen LogP) is 2.56. The number of nitro benzene ring substituents is 1. The van der Waals surface area contributed by atoms with Gasteiger partial charge in [-0.3, -0.25) is 10.1 Å². The van der Waals surface area contributed by atoms with E-state index in [4.69, 9.17) is 11.6 Å². The average molecular weight is 267 g/mol. The van der Waals surface area contributed by atoms with Gasteiger partial charge in [0.2, 0.25) is 0 Å². The van der Waals surface area contributed by atoms with E-state index in [0.717, 1.165) is 0 Å². The molecule has 0 unspecified atom stereocenters. The van der Waals surface area contributed by atoms with Crippen LogP contribution in [-0.2, 0) is 6.54 Å². The van der Waals surface area contributed by atoms with Gasteiger partial charge in [-0.15, -0.1) is 0 Å². The summed E-state index contributed by atoms with van der Waals surface area (Å²) >= 11 is 5.95. The lowest BCUT2D eigenvalue weighted by molar-refractivity contribution is -0.383. The van der Waals surface area contributed by atoms with E-state index in [9.17, 15) is 10.1 Å². The summed E-state index contributed by atoms with van der Waals surface area (Å²) in [5.41, 5.74) is 0.331. The molecule has 0 aliphatic carbocycles. The van der Waals surface area contributed by atoms with Crippen LogP contribution in [0.25, 0.3) is 0 Å². The van der Waals surface area contributed by atoms with Gasteiger partial charge in [0.25, 0.3) is 5.69 Å². The zero-order valence-electron chi connectivity index (χ0n) is 9.41. The van der Waals surface area contributed by atoms with E-state index in [0.29, 0.717) is 23.8 Å². The second-order valence-corrected chi connectivity index (χ2v) is 4.03. The summed E-state index contributed by atoms with van der Waals surface area (Å²) in [6.07, 6.45) is 5.18. The van der Waals surface area contributed by atoms with Crippen molar-refractivity contribution in [1.82, 2.24) is 9.55 Å². The molecule has 0 bridgehead atoms. The molecule has 1 aromatic heterocycles. The van der Waals surface area contributed by atoms with Crippen molar-refractivity contribution in [3.8, 4) is 0 Å². The number of nitrogens with one attached hydrogen (secondary N) is 1. The summed E-state index contributed by atoms with van der Waals surface area (Å²) in [6.45, 7) is 1.18. The van der Waals surface area contributed by atoms with Gasteiger partial charge in [-0.1, -0.05) is 17.7 Å². The number of imidazole rings is 1. The van der Waals surface area contributed by atoms with Crippen LogP contribution in [0.1, 0.15) is 0 Å². The molecule has 7 heteroatoms. The van der Waals surface area contributed by atoms with Crippen LogP contribution in [0.2, 0.25) is 5.02 Å². The average Bonchev–Trinajstić information content (AvgIpc) is 2.84. The maximum absolute atomic E-state index is 10.9. The van der Waals surface area contributed by atoms with E-state index in [1.165, 1.54) is 6.07 Å². The number of nitrogens with zero attached hydrogens (tertiary/aromatic N) is 3. The molecule has 0 fully saturated rings. The van der Waals surface area contributed by atoms with Crippen molar-refractivity contribution in [2.45, 2.75) is 6.54 Å². The summed E-state index contributed by atoms with van der Waals surface area (Å²) in [4.78, 5) is 14.3. The first-order chi connectivity index (χ1) is 8.68. The van der Waals surface area contributed by atoms with Crippen molar-refractivity contribution in [3.05, 3.63) is 52.1 Å². The second-order valence-electron chi connectivity index (χ2n) is 3.62. The van der Waals surface area contributed by atoms with Gasteiger partial charge in [-0.25, -0.2) is 4.98 Å². The van der Waals surface area contributed by atoms with Crippen molar-refractivity contribution >= 4 is 23.0 Å². The normalized spacial score (nSPS) is 10.3. The number of hydrogen-bond donors (Lipinski definition) is 1. The molecule has 0 saturated carbocycles. The van der Waals surface area contributed by atoms with Crippen LogP contribution in [0.5, 0.6) is 0 Å². The van der Waals surface area contributed by atoms with Crippen LogP contribution in [0.4, 0.5) is 11.4 Å². The molecular weight excluding hydrogens is 256 g/mol. The molecule has 0 aliphatic rings. The molecule has 2 aromatic rings. The monoisotopic (exact) mass is 266 g/mol. The van der Waals surface area contributed by atoms with E-state index in [1.54, 1.807) is 24.7 Å². The fourth-order valence-electron chi connectivity index (χ4n) is 1.57. The largest absolute Gasteiger partial charge is 0.376 e. The van der Waals surface area contributed by atoms with Crippen LogP contribution in [0.15, 0.2) is 36.9 Å². The maximum Gasteiger partial charge on any atom is 0.293 e. The first kappa shape index (κ1) is 12.4. The number of benzene rings is 1. The Morgan fingerprint density at radius 3 is 3.00 bits per heavy atom. The molecule has 0 radical (unpaired) electrons. The molecular formula is C11H11ClN4O2. The molecule has 6 nitrogen and oxygen atoms in total. The fourth-order valence-corrected chi connectivity index (χ4v) is 1.81. The molecule has 2 rings (SSSR count). The molecule has 0 aliphatic heterocycles. The van der Waals surface area contributed by atoms with Gasteiger partial charge in [0.05, 0.1) is 16.3 Å². The van der Waals surface area contributed by atoms with Gasteiger partial charge in [0.15, 0.2) is 0 Å². The second kappa shape index (κ2) is 5.50. The van der Waals surface area contributed by atoms with E-state index >= 15 is 0 Å². The Morgan fingerprint density at radius 1 is 1.50 bits per heavy atom. The Bertz CT molecular complexity index is 542. The summed E-state index contributed by atoms with van der Waals surface area (Å²) < 4.78 is 1.87. The van der Waals surface area contributed by atoms with Gasteiger partial charge < -0.3 is 9.88 Å². The van der Waals surface area contributed by atoms with Gasteiger partial charge in [0.1, 0.15) is 5.69 Å². The lowest BCUT2D eigenvalue weighted by atomic mass is 10.2. The third kappa shape index (κ3) is 2.78. The summed E-state index contributed by atoms with van der Waals surface area (Å²) in [5, 5.41) is 14.2. The number of rotatable bonds is 5. The molecule has 0 spiro atoms. The maximum atomic E-state index is 10.9. The highest BCUT2D eigenvalue weighted by atomic mass is 35.5. The summed E-state index contributed by atoms with van der Waals surface area (Å²) in [5.74, 6) is 0. The van der Waals surface area contributed by atoms with Crippen LogP contribution in [-0.4, -0.2) is 21.0 Å². The van der Waals surface area contributed by atoms with Crippen molar-refractivity contribution in [3.63, 3.8) is 0 Å². The smallest absolute Gasteiger partial charge is 0.293 e. The Balaban J connectivity index is 2.06. The Morgan fingerprint density at radius 2 is 2.33 bits per heavy atom. The number of para-hydroxylation sites is 1. The van der Waals surface area contributed by atoms with Gasteiger partial charge in [-0.05, 0) is 6.07 Å². The van der Waals surface area contributed by atoms with Gasteiger partial charge in [0, 0.05) is 31.5 Å². The van der Waals surface area contributed by atoms with Crippen molar-refractivity contribution < 1.29 is 4.92 Å². The fraction of sp³-hybridized carbons (Fsp3) is 0.182. The molecule has 1 aromatic carbocycles. The summed E-state index contributed by atoms with van der Waals surface area (Å²) in [6, 6.07) is 4.60. The van der Waals surface area contributed by atoms with E-state index in [2.05, 4.69) is 10.3 Å². The molecule has 1 heterocycles. The van der Waals surface area contributed by atoms with Crippen LogP contribution >= 0.6 is 11.6 Å². The van der Waals surface area contributed by atoms with Crippen molar-refractivity contribution in [2.24, 2.45) is 0 Å². The van der Waals surface area contributed by atoms with E-state index < -0.39 is 4.92 Å². The number of halogens is 1.